The normalized spacial score (nSPS) is 15.4. The van der Waals surface area contributed by atoms with E-state index in [0.717, 1.165) is 16.8 Å². The van der Waals surface area contributed by atoms with Gasteiger partial charge in [-0.25, -0.2) is 13.1 Å². The molecule has 0 aromatic heterocycles. The fourth-order valence-corrected chi connectivity index (χ4v) is 4.63. The van der Waals surface area contributed by atoms with Gasteiger partial charge in [0.05, 0.1) is 17.9 Å². The number of hydrogen-bond donors (Lipinski definition) is 4. The molecule has 0 heterocycles. The topological polar surface area (TPSA) is 125 Å². The maximum absolute atomic E-state index is 12.6. The Balaban J connectivity index is 1.55. The van der Waals surface area contributed by atoms with E-state index < -0.39 is 16.0 Å². The Kier molecular flexibility index (Phi) is 6.96. The summed E-state index contributed by atoms with van der Waals surface area (Å²) in [5.41, 5.74) is 2.80. The molecule has 0 spiro atoms. The minimum atomic E-state index is -3.64. The second-order valence-corrected chi connectivity index (χ2v) is 9.16. The molecule has 0 saturated heterocycles. The highest BCUT2D eigenvalue weighted by atomic mass is 35.5. The van der Waals surface area contributed by atoms with E-state index in [1.165, 1.54) is 24.3 Å². The minimum Gasteiger partial charge on any atom is -0.481 e. The van der Waals surface area contributed by atoms with Crippen LogP contribution in [0.15, 0.2) is 47.4 Å². The van der Waals surface area contributed by atoms with E-state index >= 15 is 0 Å². The van der Waals surface area contributed by atoms with Gasteiger partial charge in [-0.05, 0) is 60.4 Å². The lowest BCUT2D eigenvalue weighted by Crippen LogP contribution is -2.35. The van der Waals surface area contributed by atoms with E-state index in [9.17, 15) is 18.0 Å². The van der Waals surface area contributed by atoms with Gasteiger partial charge >= 0.3 is 5.97 Å². The van der Waals surface area contributed by atoms with E-state index in [1.807, 2.05) is 18.2 Å². The lowest BCUT2D eigenvalue weighted by molar-refractivity contribution is -0.136. The zero-order valence-electron chi connectivity index (χ0n) is 16.0. The predicted molar refractivity (Wildman–Crippen MR) is 113 cm³/mol. The van der Waals surface area contributed by atoms with Crippen LogP contribution in [-0.2, 0) is 32.5 Å². The number of carbonyl (C=O) groups excluding carboxylic acids is 1. The van der Waals surface area contributed by atoms with E-state index in [0.29, 0.717) is 17.9 Å². The minimum absolute atomic E-state index is 0.0189. The third kappa shape index (κ3) is 5.94. The molecule has 0 bridgehead atoms. The highest BCUT2D eigenvalue weighted by Gasteiger charge is 2.26. The summed E-state index contributed by atoms with van der Waals surface area (Å²) in [6, 6.07) is 11.4. The average Bonchev–Trinajstić information content (AvgIpc) is 3.07. The first-order valence-corrected chi connectivity index (χ1v) is 11.2. The SMILES string of the molecule is O=C(O)CCNC(=O)CNc1ccc2c(c1)CC(NS(=O)(=O)c1ccc(Cl)cc1)C2. The van der Waals surface area contributed by atoms with Crippen LogP contribution < -0.4 is 15.4 Å². The van der Waals surface area contributed by atoms with Crippen LogP contribution in [0, 0.1) is 0 Å². The van der Waals surface area contributed by atoms with Crippen LogP contribution >= 0.6 is 11.6 Å². The molecule has 10 heteroatoms. The quantitative estimate of drug-likeness (QED) is 0.460. The largest absolute Gasteiger partial charge is 0.481 e. The van der Waals surface area contributed by atoms with Gasteiger partial charge in [-0.3, -0.25) is 9.59 Å². The predicted octanol–water partition coefficient (Wildman–Crippen LogP) is 1.79. The number of carboxylic acids is 1. The maximum atomic E-state index is 12.6. The van der Waals surface area contributed by atoms with Gasteiger partial charge in [0.2, 0.25) is 15.9 Å². The first-order valence-electron chi connectivity index (χ1n) is 9.35. The number of amides is 1. The van der Waals surface area contributed by atoms with Gasteiger partial charge in [0, 0.05) is 23.3 Å². The molecule has 0 saturated carbocycles. The Morgan fingerprint density at radius 2 is 1.77 bits per heavy atom. The smallest absolute Gasteiger partial charge is 0.305 e. The fourth-order valence-electron chi connectivity index (χ4n) is 3.27. The number of fused-ring (bicyclic) bond motifs is 1. The number of sulfonamides is 1. The van der Waals surface area contributed by atoms with Crippen molar-refractivity contribution in [2.45, 2.75) is 30.2 Å². The summed E-state index contributed by atoms with van der Waals surface area (Å²) >= 11 is 5.82. The molecule has 8 nitrogen and oxygen atoms in total. The molecule has 1 aliphatic carbocycles. The van der Waals surface area contributed by atoms with Gasteiger partial charge < -0.3 is 15.7 Å². The molecule has 1 amide bonds. The number of aliphatic carboxylic acids is 1. The lowest BCUT2D eigenvalue weighted by atomic mass is 10.1. The third-order valence-corrected chi connectivity index (χ3v) is 6.49. The standard InChI is InChI=1S/C20H22ClN3O5S/c21-15-2-5-18(6-3-15)30(28,29)24-17-9-13-1-4-16(10-14(13)11-17)23-12-19(25)22-8-7-20(26)27/h1-6,10,17,23-24H,7-9,11-12H2,(H,22,25)(H,26,27). The molecule has 1 aliphatic rings. The number of carbonyl (C=O) groups is 2. The van der Waals surface area contributed by atoms with Gasteiger partial charge in [-0.1, -0.05) is 17.7 Å². The molecule has 1 unspecified atom stereocenters. The average molecular weight is 452 g/mol. The van der Waals surface area contributed by atoms with E-state index in [-0.39, 0.29) is 36.4 Å². The third-order valence-electron chi connectivity index (χ3n) is 4.70. The monoisotopic (exact) mass is 451 g/mol. The number of benzene rings is 2. The van der Waals surface area contributed by atoms with E-state index in [4.69, 9.17) is 16.7 Å². The van der Waals surface area contributed by atoms with Crippen molar-refractivity contribution >= 4 is 39.2 Å². The van der Waals surface area contributed by atoms with Gasteiger partial charge in [0.25, 0.3) is 0 Å². The summed E-state index contributed by atoms with van der Waals surface area (Å²) in [5.74, 6) is -1.27. The van der Waals surface area contributed by atoms with Crippen LogP contribution in [0.4, 0.5) is 5.69 Å². The first-order chi connectivity index (χ1) is 14.2. The molecule has 2 aromatic carbocycles. The van der Waals surface area contributed by atoms with Crippen molar-refractivity contribution in [1.29, 1.82) is 0 Å². The molecule has 2 aromatic rings. The highest BCUT2D eigenvalue weighted by Crippen LogP contribution is 2.26. The van der Waals surface area contributed by atoms with Crippen LogP contribution in [-0.4, -0.2) is 44.5 Å². The maximum Gasteiger partial charge on any atom is 0.305 e. The van der Waals surface area contributed by atoms with E-state index in [2.05, 4.69) is 15.4 Å². The highest BCUT2D eigenvalue weighted by molar-refractivity contribution is 7.89. The second kappa shape index (κ2) is 9.46. The summed E-state index contributed by atoms with van der Waals surface area (Å²) in [5, 5.41) is 14.6. The summed E-state index contributed by atoms with van der Waals surface area (Å²) in [7, 11) is -3.64. The second-order valence-electron chi connectivity index (χ2n) is 7.01. The summed E-state index contributed by atoms with van der Waals surface area (Å²) in [4.78, 5) is 22.4. The molecule has 30 heavy (non-hydrogen) atoms. The Bertz CT molecular complexity index is 1040. The van der Waals surface area contributed by atoms with Gasteiger partial charge in [-0.2, -0.15) is 0 Å². The van der Waals surface area contributed by atoms with Crippen LogP contribution in [0.25, 0.3) is 0 Å². The number of hydrogen-bond acceptors (Lipinski definition) is 5. The number of rotatable bonds is 9. The Labute approximate surface area is 179 Å². The number of nitrogens with one attached hydrogen (secondary N) is 3. The molecule has 0 aliphatic heterocycles. The summed E-state index contributed by atoms with van der Waals surface area (Å²) in [6.45, 7) is 0.0977. The molecule has 1 atom stereocenters. The lowest BCUT2D eigenvalue weighted by Gasteiger charge is -2.12. The Morgan fingerprint density at radius 3 is 2.47 bits per heavy atom. The van der Waals surface area contributed by atoms with Crippen molar-refractivity contribution in [2.75, 3.05) is 18.4 Å². The van der Waals surface area contributed by atoms with Crippen molar-refractivity contribution in [3.05, 3.63) is 58.6 Å². The molecule has 0 fully saturated rings. The summed E-state index contributed by atoms with van der Waals surface area (Å²) in [6.07, 6.45) is 0.999. The molecule has 0 radical (unpaired) electrons. The number of halogens is 1. The zero-order chi connectivity index (χ0) is 21.7. The van der Waals surface area contributed by atoms with E-state index in [1.54, 1.807) is 0 Å². The van der Waals surface area contributed by atoms with Crippen molar-refractivity contribution in [1.82, 2.24) is 10.0 Å². The van der Waals surface area contributed by atoms with Crippen LogP contribution in [0.2, 0.25) is 5.02 Å². The first kappa shape index (κ1) is 22.1. The Hall–Kier alpha value is -2.62. The molecule has 3 rings (SSSR count). The fraction of sp³-hybridized carbons (Fsp3) is 0.300. The van der Waals surface area contributed by atoms with Crippen LogP contribution in [0.5, 0.6) is 0 Å². The number of carboxylic acid groups (broad SMARTS) is 1. The molecule has 4 N–H and O–H groups in total. The van der Waals surface area contributed by atoms with Crippen molar-refractivity contribution in [2.24, 2.45) is 0 Å². The van der Waals surface area contributed by atoms with Gasteiger partial charge in [-0.15, -0.1) is 0 Å². The summed E-state index contributed by atoms with van der Waals surface area (Å²) < 4.78 is 27.9. The van der Waals surface area contributed by atoms with Crippen molar-refractivity contribution in [3.8, 4) is 0 Å². The number of anilines is 1. The zero-order valence-corrected chi connectivity index (χ0v) is 17.6. The van der Waals surface area contributed by atoms with Gasteiger partial charge in [0.1, 0.15) is 0 Å². The molecule has 160 valence electrons. The van der Waals surface area contributed by atoms with Crippen molar-refractivity contribution < 1.29 is 23.1 Å². The van der Waals surface area contributed by atoms with Gasteiger partial charge in [0.15, 0.2) is 0 Å². The van der Waals surface area contributed by atoms with Crippen LogP contribution in [0.1, 0.15) is 17.5 Å². The van der Waals surface area contributed by atoms with Crippen molar-refractivity contribution in [3.63, 3.8) is 0 Å². The molecular weight excluding hydrogens is 430 g/mol. The van der Waals surface area contributed by atoms with Crippen LogP contribution in [0.3, 0.4) is 0 Å². The Morgan fingerprint density at radius 1 is 1.07 bits per heavy atom. The molecular formula is C20H22ClN3O5S.